The molecule has 0 bridgehead atoms. The van der Waals surface area contributed by atoms with Crippen LogP contribution in [0, 0.1) is 5.82 Å². The van der Waals surface area contributed by atoms with Crippen molar-refractivity contribution in [3.63, 3.8) is 0 Å². The van der Waals surface area contributed by atoms with Gasteiger partial charge in [0.05, 0.1) is 32.0 Å². The number of ether oxygens (including phenoxy) is 2. The number of aromatic nitrogens is 7. The van der Waals surface area contributed by atoms with Gasteiger partial charge in [-0.15, -0.1) is 0 Å². The van der Waals surface area contributed by atoms with E-state index in [-0.39, 0.29) is 17.9 Å². The topological polar surface area (TPSA) is 271 Å². The van der Waals surface area contributed by atoms with E-state index in [9.17, 15) is 33.4 Å². The molecule has 4 aromatic heterocycles. The highest BCUT2D eigenvalue weighted by molar-refractivity contribution is 8.44. The fraction of sp³-hybridized carbons (Fsp3) is 0.500. The number of nitrogen functional groups attached to an aromatic ring is 1. The van der Waals surface area contributed by atoms with Crippen LogP contribution in [-0.2, 0) is 36.7 Å². The fourth-order valence-corrected chi connectivity index (χ4v) is 6.56. The average molecular weight is 711 g/mol. The molecule has 0 amide bonds. The summed E-state index contributed by atoms with van der Waals surface area (Å²) in [5.41, 5.74) is 5.23. The monoisotopic (exact) mass is 710 g/mol. The van der Waals surface area contributed by atoms with Crippen molar-refractivity contribution in [2.45, 2.75) is 43.3 Å². The van der Waals surface area contributed by atoms with Crippen LogP contribution in [0.25, 0.3) is 22.2 Å². The number of nitrogens with zero attached hydrogens (tertiary/aromatic N) is 6. The number of imidazole rings is 1. The molecule has 0 radical (unpaired) electrons. The van der Waals surface area contributed by atoms with Crippen LogP contribution < -0.4 is 11.3 Å². The largest absolute Gasteiger partial charge is 0.472 e. The number of hydrogen-bond acceptors (Lipinski definition) is 16. The first kappa shape index (κ1) is 34.5. The van der Waals surface area contributed by atoms with Crippen molar-refractivity contribution in [3.8, 4) is 0 Å². The molecule has 5 heterocycles. The number of hydrogen-bond donors (Lipinski definition) is 6. The predicted molar refractivity (Wildman–Crippen MR) is 157 cm³/mol. The number of anilines is 1. The van der Waals surface area contributed by atoms with Gasteiger partial charge >= 0.3 is 14.6 Å². The lowest BCUT2D eigenvalue weighted by Gasteiger charge is -2.31. The van der Waals surface area contributed by atoms with E-state index in [2.05, 4.69) is 41.7 Å². The Labute approximate surface area is 262 Å². The second-order valence-electron chi connectivity index (χ2n) is 9.82. The van der Waals surface area contributed by atoms with Crippen LogP contribution in [0.4, 0.5) is 10.2 Å². The summed E-state index contributed by atoms with van der Waals surface area (Å²) in [6.45, 7) is -5.73. The number of aliphatic hydroxyl groups excluding tert-OH is 2. The SMILES string of the molecule is CO[C@H](COP(=O)(O)OC)[C@@H](O)[C@@H](OP(=O)(S)OC[C@@H]1C[C@@H](O)[C@H](n2cnc3c(N)ncnc32)O1)n1cc(F)c2c(=O)[nH]cnc21. The van der Waals surface area contributed by atoms with Crippen LogP contribution in [0.2, 0.25) is 0 Å². The number of nitrogens with two attached hydrogens (primary N) is 1. The maximum atomic E-state index is 14.9. The van der Waals surface area contributed by atoms with Gasteiger partial charge in [0.25, 0.3) is 5.56 Å². The zero-order valence-corrected chi connectivity index (χ0v) is 26.6. The molecule has 0 aromatic carbocycles. The highest BCUT2D eigenvalue weighted by Gasteiger charge is 2.41. The van der Waals surface area contributed by atoms with Crippen molar-refractivity contribution in [2.75, 3.05) is 33.2 Å². The molecular formula is C22H29FN8O12P2S. The Kier molecular flexibility index (Phi) is 10.3. The average Bonchev–Trinajstić information content (AvgIpc) is 3.71. The Balaban J connectivity index is 1.36. The van der Waals surface area contributed by atoms with E-state index in [1.165, 1.54) is 17.2 Å². The van der Waals surface area contributed by atoms with Crippen LogP contribution in [0.1, 0.15) is 18.9 Å². The van der Waals surface area contributed by atoms with Crippen LogP contribution in [0.3, 0.4) is 0 Å². The minimum absolute atomic E-state index is 0.00862. The summed E-state index contributed by atoms with van der Waals surface area (Å²) in [6, 6.07) is 0. The Morgan fingerprint density at radius 2 is 2.00 bits per heavy atom. The van der Waals surface area contributed by atoms with E-state index in [4.69, 9.17) is 28.8 Å². The second kappa shape index (κ2) is 13.7. The first-order valence-corrected chi connectivity index (χ1v) is 17.3. The van der Waals surface area contributed by atoms with Gasteiger partial charge in [0.2, 0.25) is 0 Å². The number of phosphoric acid groups is 1. The summed E-state index contributed by atoms with van der Waals surface area (Å²) >= 11 is 4.00. The van der Waals surface area contributed by atoms with Crippen molar-refractivity contribution in [3.05, 3.63) is 41.3 Å². The maximum absolute atomic E-state index is 14.9. The Hall–Kier alpha value is -2.85. The summed E-state index contributed by atoms with van der Waals surface area (Å²) in [6.07, 6.45) is -3.94. The normalized spacial score (nSPS) is 23.3. The van der Waals surface area contributed by atoms with Gasteiger partial charge in [-0.2, -0.15) is 0 Å². The second-order valence-corrected chi connectivity index (χ2v) is 14.3. The summed E-state index contributed by atoms with van der Waals surface area (Å²) in [7, 11) is -2.51. The molecule has 0 spiro atoms. The van der Waals surface area contributed by atoms with Gasteiger partial charge in [0.1, 0.15) is 35.5 Å². The summed E-state index contributed by atoms with van der Waals surface area (Å²) in [4.78, 5) is 40.2. The van der Waals surface area contributed by atoms with Crippen molar-refractivity contribution < 1.29 is 56.2 Å². The smallest absolute Gasteiger partial charge is 0.388 e. The maximum Gasteiger partial charge on any atom is 0.472 e. The van der Waals surface area contributed by atoms with Crippen LogP contribution in [-0.4, -0.2) is 101 Å². The molecule has 6 N–H and O–H groups in total. The number of H-pyrrole nitrogens is 1. The Morgan fingerprint density at radius 3 is 2.72 bits per heavy atom. The third kappa shape index (κ3) is 7.18. The molecule has 252 valence electrons. The van der Waals surface area contributed by atoms with E-state index in [0.717, 1.165) is 31.3 Å². The number of aromatic amines is 1. The first-order chi connectivity index (χ1) is 21.7. The van der Waals surface area contributed by atoms with Crippen LogP contribution in [0.5, 0.6) is 0 Å². The molecule has 1 saturated heterocycles. The number of nitrogens with one attached hydrogen (secondary N) is 1. The molecular weight excluding hydrogens is 681 g/mol. The molecule has 5 rings (SSSR count). The standard InChI is InChI=1S/C22H29FN8O12P2S/c1-38-13(6-40-44(35,36)39-2)16(33)22(30-4-11(23)14-18(30)26-8-28-20(14)34)43-45(37,46)41-5-10-3-12(32)21(42-10)31-9-29-15-17(24)25-7-27-19(15)31/h4,7-10,12-13,16,21-22,32-33H,3,5-6H2,1-2H3,(H,35,36)(H,37,46)(H2,24,25,27)(H,26,28,34)/t10-,12+,13+,16+,21+,22+,45?/m0/s1. The van der Waals surface area contributed by atoms with E-state index >= 15 is 0 Å². The van der Waals surface area contributed by atoms with Crippen molar-refractivity contribution in [2.24, 2.45) is 0 Å². The van der Waals surface area contributed by atoms with Gasteiger partial charge in [0, 0.05) is 26.8 Å². The van der Waals surface area contributed by atoms with Crippen LogP contribution in [0.15, 0.2) is 30.0 Å². The number of fused-ring (bicyclic) bond motifs is 2. The van der Waals surface area contributed by atoms with E-state index < -0.39 is 81.5 Å². The highest BCUT2D eigenvalue weighted by Crippen LogP contribution is 2.57. The van der Waals surface area contributed by atoms with E-state index in [1.807, 2.05) is 0 Å². The number of aliphatic hydroxyl groups is 2. The zero-order chi connectivity index (χ0) is 33.4. The zero-order valence-electron chi connectivity index (χ0n) is 23.9. The van der Waals surface area contributed by atoms with Gasteiger partial charge in [-0.05, 0) is 0 Å². The first-order valence-electron chi connectivity index (χ1n) is 13.1. The molecule has 4 aromatic rings. The molecule has 1 aliphatic heterocycles. The minimum Gasteiger partial charge on any atom is -0.388 e. The lowest BCUT2D eigenvalue weighted by atomic mass is 10.2. The molecule has 46 heavy (non-hydrogen) atoms. The number of halogens is 1. The van der Waals surface area contributed by atoms with E-state index in [0.29, 0.717) is 11.2 Å². The van der Waals surface area contributed by atoms with Gasteiger partial charge in [-0.1, -0.05) is 12.2 Å². The predicted octanol–water partition coefficient (Wildman–Crippen LogP) is 0.643. The molecule has 8 atom stereocenters. The lowest BCUT2D eigenvalue weighted by molar-refractivity contribution is -0.108. The Bertz CT molecular complexity index is 1860. The molecule has 0 aliphatic carbocycles. The Morgan fingerprint density at radius 1 is 1.24 bits per heavy atom. The van der Waals surface area contributed by atoms with Gasteiger partial charge < -0.3 is 35.3 Å². The van der Waals surface area contributed by atoms with Crippen molar-refractivity contribution in [1.82, 2.24) is 34.1 Å². The molecule has 24 heteroatoms. The van der Waals surface area contributed by atoms with Crippen LogP contribution >= 0.6 is 26.9 Å². The lowest BCUT2D eigenvalue weighted by Crippen LogP contribution is -2.40. The minimum atomic E-state index is -4.54. The summed E-state index contributed by atoms with van der Waals surface area (Å²) in [5, 5.41) is 21.4. The summed E-state index contributed by atoms with van der Waals surface area (Å²) < 4.78 is 73.8. The molecule has 20 nitrogen and oxygen atoms in total. The third-order valence-corrected chi connectivity index (χ3v) is 9.47. The number of methoxy groups -OCH3 is 1. The van der Waals surface area contributed by atoms with Gasteiger partial charge in [0.15, 0.2) is 35.4 Å². The summed E-state index contributed by atoms with van der Waals surface area (Å²) in [5.74, 6) is -0.939. The fourth-order valence-electron chi connectivity index (χ4n) is 4.72. The third-order valence-electron chi connectivity index (χ3n) is 6.94. The molecule has 0 saturated carbocycles. The quantitative estimate of drug-likeness (QED) is 0.0774. The molecule has 1 fully saturated rings. The number of rotatable bonds is 14. The molecule has 2 unspecified atom stereocenters. The highest BCUT2D eigenvalue weighted by atomic mass is 32.7. The van der Waals surface area contributed by atoms with Gasteiger partial charge in [-0.3, -0.25) is 32.0 Å². The van der Waals surface area contributed by atoms with E-state index in [1.54, 1.807) is 0 Å². The number of thiol groups is 1. The molecule has 1 aliphatic rings. The van der Waals surface area contributed by atoms with Gasteiger partial charge in [-0.25, -0.2) is 33.5 Å². The number of phosphoric ester groups is 1. The van der Waals surface area contributed by atoms with Crippen molar-refractivity contribution >= 4 is 54.9 Å². The van der Waals surface area contributed by atoms with Crippen molar-refractivity contribution in [1.29, 1.82) is 0 Å².